The first-order valence-corrected chi connectivity index (χ1v) is 9.07. The Morgan fingerprint density at radius 3 is 2.52 bits per heavy atom. The summed E-state index contributed by atoms with van der Waals surface area (Å²) >= 11 is 0. The molecule has 0 spiro atoms. The second-order valence-electron chi connectivity index (χ2n) is 6.49. The third kappa shape index (κ3) is 4.85. The van der Waals surface area contributed by atoms with E-state index in [1.54, 1.807) is 6.92 Å². The molecule has 0 heterocycles. The van der Waals surface area contributed by atoms with Gasteiger partial charge >= 0.3 is 0 Å². The van der Waals surface area contributed by atoms with Crippen molar-refractivity contribution in [1.82, 2.24) is 5.32 Å². The van der Waals surface area contributed by atoms with Gasteiger partial charge in [-0.3, -0.25) is 4.79 Å². The van der Waals surface area contributed by atoms with Crippen LogP contribution in [0.1, 0.15) is 48.6 Å². The van der Waals surface area contributed by atoms with Crippen molar-refractivity contribution in [1.29, 1.82) is 0 Å². The van der Waals surface area contributed by atoms with Gasteiger partial charge in [-0.15, -0.1) is 0 Å². The molecule has 1 atom stereocenters. The van der Waals surface area contributed by atoms with Gasteiger partial charge in [-0.25, -0.2) is 0 Å². The third-order valence-electron chi connectivity index (χ3n) is 4.74. The van der Waals surface area contributed by atoms with Crippen LogP contribution in [0.15, 0.2) is 36.4 Å². The van der Waals surface area contributed by atoms with Crippen molar-refractivity contribution >= 4 is 5.91 Å². The highest BCUT2D eigenvalue weighted by atomic mass is 16.5. The zero-order valence-corrected chi connectivity index (χ0v) is 16.0. The quantitative estimate of drug-likeness (QED) is 0.806. The predicted octanol–water partition coefficient (Wildman–Crippen LogP) is 4.51. The van der Waals surface area contributed by atoms with E-state index in [4.69, 9.17) is 4.74 Å². The third-order valence-corrected chi connectivity index (χ3v) is 4.74. The van der Waals surface area contributed by atoms with Gasteiger partial charge < -0.3 is 10.1 Å². The molecule has 2 rings (SSSR count). The Hall–Kier alpha value is -2.29. The summed E-state index contributed by atoms with van der Waals surface area (Å²) < 4.78 is 5.87. The second-order valence-corrected chi connectivity index (χ2v) is 6.49. The Labute approximate surface area is 151 Å². The van der Waals surface area contributed by atoms with E-state index in [9.17, 15) is 4.79 Å². The molecule has 0 aromatic heterocycles. The highest BCUT2D eigenvalue weighted by Crippen LogP contribution is 2.22. The lowest BCUT2D eigenvalue weighted by molar-refractivity contribution is -0.127. The lowest BCUT2D eigenvalue weighted by Crippen LogP contribution is -2.36. The van der Waals surface area contributed by atoms with Gasteiger partial charge in [0, 0.05) is 6.54 Å². The van der Waals surface area contributed by atoms with Crippen LogP contribution in [-0.4, -0.2) is 12.0 Å². The number of rotatable bonds is 7. The van der Waals surface area contributed by atoms with Crippen molar-refractivity contribution in [2.24, 2.45) is 0 Å². The molecule has 1 amide bonds. The number of carbonyl (C=O) groups is 1. The fraction of sp³-hybridized carbons (Fsp3) is 0.409. The summed E-state index contributed by atoms with van der Waals surface area (Å²) in [5.41, 5.74) is 6.00. The molecule has 3 heteroatoms. The molecule has 0 saturated heterocycles. The Kier molecular flexibility index (Phi) is 6.63. The van der Waals surface area contributed by atoms with E-state index in [1.165, 1.54) is 16.7 Å². The molecule has 0 bridgehead atoms. The van der Waals surface area contributed by atoms with Crippen molar-refractivity contribution in [2.45, 2.75) is 60.1 Å². The van der Waals surface area contributed by atoms with Gasteiger partial charge in [-0.2, -0.15) is 0 Å². The first-order valence-electron chi connectivity index (χ1n) is 9.07. The lowest BCUT2D eigenvalue weighted by Gasteiger charge is -2.18. The van der Waals surface area contributed by atoms with Gasteiger partial charge in [-0.1, -0.05) is 44.2 Å². The van der Waals surface area contributed by atoms with E-state index >= 15 is 0 Å². The first-order chi connectivity index (χ1) is 12.0. The Balaban J connectivity index is 2.01. The van der Waals surface area contributed by atoms with Crippen molar-refractivity contribution < 1.29 is 9.53 Å². The van der Waals surface area contributed by atoms with Crippen molar-refractivity contribution in [3.63, 3.8) is 0 Å². The smallest absolute Gasteiger partial charge is 0.261 e. The molecule has 0 aliphatic carbocycles. The molecule has 2 aromatic carbocycles. The van der Waals surface area contributed by atoms with Crippen LogP contribution in [0.5, 0.6) is 5.75 Å². The predicted molar refractivity (Wildman–Crippen MR) is 103 cm³/mol. The second kappa shape index (κ2) is 8.70. The highest BCUT2D eigenvalue weighted by Gasteiger charge is 2.16. The summed E-state index contributed by atoms with van der Waals surface area (Å²) in [6, 6.07) is 12.4. The van der Waals surface area contributed by atoms with E-state index in [0.717, 1.165) is 29.7 Å². The summed E-state index contributed by atoms with van der Waals surface area (Å²) in [4.78, 5) is 12.4. The molecule has 0 radical (unpaired) electrons. The van der Waals surface area contributed by atoms with Crippen LogP contribution in [0, 0.1) is 13.8 Å². The topological polar surface area (TPSA) is 38.3 Å². The molecule has 0 aliphatic rings. The lowest BCUT2D eigenvalue weighted by atomic mass is 10.0. The van der Waals surface area contributed by atoms with Crippen molar-refractivity contribution in [2.75, 3.05) is 0 Å². The molecule has 3 nitrogen and oxygen atoms in total. The number of benzene rings is 2. The molecular formula is C22H29NO2. The minimum absolute atomic E-state index is 0.0927. The number of hydrogen-bond acceptors (Lipinski definition) is 2. The highest BCUT2D eigenvalue weighted by molar-refractivity contribution is 5.80. The normalized spacial score (nSPS) is 11.9. The number of amides is 1. The molecule has 2 aromatic rings. The summed E-state index contributed by atoms with van der Waals surface area (Å²) in [5.74, 6) is 0.676. The number of aryl methyl sites for hydroxylation is 3. The molecule has 0 aliphatic heterocycles. The average Bonchev–Trinajstić information content (AvgIpc) is 2.63. The van der Waals surface area contributed by atoms with Gasteiger partial charge in [-0.05, 0) is 67.5 Å². The van der Waals surface area contributed by atoms with Crippen LogP contribution in [0.3, 0.4) is 0 Å². The van der Waals surface area contributed by atoms with Crippen LogP contribution < -0.4 is 10.1 Å². The minimum atomic E-state index is -0.528. The SMILES string of the molecule is CCc1ccc(CC)c(CNC(=O)[C@H](C)Oc2cccc(C)c2C)c1. The first kappa shape index (κ1) is 19.0. The Morgan fingerprint density at radius 1 is 1.08 bits per heavy atom. The van der Waals surface area contributed by atoms with Crippen LogP contribution in [0.25, 0.3) is 0 Å². The monoisotopic (exact) mass is 339 g/mol. The largest absolute Gasteiger partial charge is 0.481 e. The summed E-state index contributed by atoms with van der Waals surface area (Å²) in [6.45, 7) is 10.7. The Morgan fingerprint density at radius 2 is 1.84 bits per heavy atom. The Bertz CT molecular complexity index is 737. The van der Waals surface area contributed by atoms with Gasteiger partial charge in [0.05, 0.1) is 0 Å². The van der Waals surface area contributed by atoms with Crippen LogP contribution in [0.2, 0.25) is 0 Å². The van der Waals surface area contributed by atoms with Crippen LogP contribution in [-0.2, 0) is 24.2 Å². The number of ether oxygens (including phenoxy) is 1. The van der Waals surface area contributed by atoms with E-state index < -0.39 is 6.10 Å². The zero-order valence-electron chi connectivity index (χ0n) is 16.0. The van der Waals surface area contributed by atoms with Crippen molar-refractivity contribution in [3.05, 3.63) is 64.2 Å². The van der Waals surface area contributed by atoms with Crippen LogP contribution >= 0.6 is 0 Å². The number of nitrogens with one attached hydrogen (secondary N) is 1. The standard InChI is InChI=1S/C22H29NO2/c1-6-18-11-12-19(7-2)20(13-18)14-23-22(24)17(5)25-21-10-8-9-15(3)16(21)4/h8-13,17H,6-7,14H2,1-5H3,(H,23,24)/t17-/m0/s1. The summed E-state index contributed by atoms with van der Waals surface area (Å²) in [6.07, 6.45) is 1.43. The molecule has 1 N–H and O–H groups in total. The molecule has 0 fully saturated rings. The van der Waals surface area contributed by atoms with Gasteiger partial charge in [0.1, 0.15) is 5.75 Å². The minimum Gasteiger partial charge on any atom is -0.481 e. The fourth-order valence-electron chi connectivity index (χ4n) is 2.83. The fourth-order valence-corrected chi connectivity index (χ4v) is 2.83. The number of carbonyl (C=O) groups excluding carboxylic acids is 1. The maximum Gasteiger partial charge on any atom is 0.261 e. The van der Waals surface area contributed by atoms with Gasteiger partial charge in [0.15, 0.2) is 6.10 Å². The molecule has 0 unspecified atom stereocenters. The van der Waals surface area contributed by atoms with E-state index in [-0.39, 0.29) is 5.91 Å². The molecular weight excluding hydrogens is 310 g/mol. The van der Waals surface area contributed by atoms with Crippen molar-refractivity contribution in [3.8, 4) is 5.75 Å². The van der Waals surface area contributed by atoms with Gasteiger partial charge in [0.25, 0.3) is 5.91 Å². The van der Waals surface area contributed by atoms with E-state index in [0.29, 0.717) is 6.54 Å². The number of hydrogen-bond donors (Lipinski definition) is 1. The maximum atomic E-state index is 12.4. The average molecular weight is 339 g/mol. The van der Waals surface area contributed by atoms with Gasteiger partial charge in [0.2, 0.25) is 0 Å². The van der Waals surface area contributed by atoms with Crippen LogP contribution in [0.4, 0.5) is 0 Å². The van der Waals surface area contributed by atoms with E-state index in [2.05, 4.69) is 37.4 Å². The van der Waals surface area contributed by atoms with E-state index in [1.807, 2.05) is 32.0 Å². The molecule has 0 saturated carbocycles. The molecule has 134 valence electrons. The maximum absolute atomic E-state index is 12.4. The molecule has 25 heavy (non-hydrogen) atoms. The summed E-state index contributed by atoms with van der Waals surface area (Å²) in [7, 11) is 0. The summed E-state index contributed by atoms with van der Waals surface area (Å²) in [5, 5.41) is 3.02. The zero-order chi connectivity index (χ0) is 18.4.